The van der Waals surface area contributed by atoms with Crippen molar-refractivity contribution >= 4 is 17.3 Å². The lowest BCUT2D eigenvalue weighted by Crippen LogP contribution is -2.25. The second-order valence-electron chi connectivity index (χ2n) is 5.96. The van der Waals surface area contributed by atoms with E-state index < -0.39 is 0 Å². The summed E-state index contributed by atoms with van der Waals surface area (Å²) in [6, 6.07) is 6.08. The van der Waals surface area contributed by atoms with E-state index in [-0.39, 0.29) is 5.91 Å². The van der Waals surface area contributed by atoms with Crippen LogP contribution >= 0.6 is 0 Å². The van der Waals surface area contributed by atoms with Gasteiger partial charge in [0.25, 0.3) is 5.91 Å². The van der Waals surface area contributed by atoms with E-state index in [1.807, 2.05) is 6.07 Å². The van der Waals surface area contributed by atoms with Gasteiger partial charge in [-0.15, -0.1) is 0 Å². The number of carbonyl (C=O) groups excluding carboxylic acids is 1. The quantitative estimate of drug-likeness (QED) is 0.764. The Hall–Kier alpha value is -2.40. The number of rotatable bonds is 7. The zero-order valence-electron chi connectivity index (χ0n) is 14.8. The van der Waals surface area contributed by atoms with Crippen LogP contribution in [0.3, 0.4) is 0 Å². The van der Waals surface area contributed by atoms with Gasteiger partial charge < -0.3 is 15.4 Å². The summed E-state index contributed by atoms with van der Waals surface area (Å²) in [5.74, 6) is -0.125. The fourth-order valence-electron chi connectivity index (χ4n) is 2.67. The SMILES string of the molecule is COCCCNC(=O)c1cncc(Nc2c(C)cc(C)cc2C)c1. The highest BCUT2D eigenvalue weighted by atomic mass is 16.5. The molecule has 2 aromatic rings. The molecule has 0 aliphatic carbocycles. The van der Waals surface area contributed by atoms with Crippen LogP contribution in [0.25, 0.3) is 0 Å². The maximum Gasteiger partial charge on any atom is 0.252 e. The van der Waals surface area contributed by atoms with Crippen molar-refractivity contribution in [2.45, 2.75) is 27.2 Å². The van der Waals surface area contributed by atoms with E-state index in [0.29, 0.717) is 18.7 Å². The van der Waals surface area contributed by atoms with Gasteiger partial charge in [0.15, 0.2) is 0 Å². The third-order valence-electron chi connectivity index (χ3n) is 3.76. The molecule has 1 heterocycles. The monoisotopic (exact) mass is 327 g/mol. The van der Waals surface area contributed by atoms with Gasteiger partial charge in [-0.25, -0.2) is 0 Å². The standard InChI is InChI=1S/C19H25N3O2/c1-13-8-14(2)18(15(3)9-13)22-17-10-16(11-20-12-17)19(23)21-6-5-7-24-4/h8-12,22H,5-7H2,1-4H3,(H,21,23). The molecule has 1 amide bonds. The Balaban J connectivity index is 2.09. The molecule has 2 N–H and O–H groups in total. The number of methoxy groups -OCH3 is 1. The van der Waals surface area contributed by atoms with Gasteiger partial charge in [0.2, 0.25) is 0 Å². The van der Waals surface area contributed by atoms with Crippen molar-refractivity contribution in [1.29, 1.82) is 0 Å². The van der Waals surface area contributed by atoms with Crippen LogP contribution in [0.1, 0.15) is 33.5 Å². The summed E-state index contributed by atoms with van der Waals surface area (Å²) in [4.78, 5) is 16.3. The second kappa shape index (κ2) is 8.45. The number of hydrogen-bond acceptors (Lipinski definition) is 4. The first-order chi connectivity index (χ1) is 11.5. The van der Waals surface area contributed by atoms with Gasteiger partial charge in [0.05, 0.1) is 17.4 Å². The molecule has 1 aromatic heterocycles. The number of ether oxygens (including phenoxy) is 1. The highest BCUT2D eigenvalue weighted by Crippen LogP contribution is 2.25. The van der Waals surface area contributed by atoms with E-state index in [9.17, 15) is 4.79 Å². The summed E-state index contributed by atoms with van der Waals surface area (Å²) in [5.41, 5.74) is 5.97. The molecule has 0 atom stereocenters. The van der Waals surface area contributed by atoms with Gasteiger partial charge in [-0.3, -0.25) is 9.78 Å². The molecule has 0 fully saturated rings. The first-order valence-corrected chi connectivity index (χ1v) is 8.08. The third kappa shape index (κ3) is 4.80. The highest BCUT2D eigenvalue weighted by Gasteiger charge is 2.09. The molecule has 0 aliphatic rings. The van der Waals surface area contributed by atoms with Crippen LogP contribution in [0, 0.1) is 20.8 Å². The fraction of sp³-hybridized carbons (Fsp3) is 0.368. The molecule has 2 rings (SSSR count). The summed E-state index contributed by atoms with van der Waals surface area (Å²) in [7, 11) is 1.65. The van der Waals surface area contributed by atoms with Crippen molar-refractivity contribution in [3.8, 4) is 0 Å². The number of amides is 1. The third-order valence-corrected chi connectivity index (χ3v) is 3.76. The van der Waals surface area contributed by atoms with E-state index >= 15 is 0 Å². The normalized spacial score (nSPS) is 10.5. The number of pyridine rings is 1. The minimum Gasteiger partial charge on any atom is -0.385 e. The second-order valence-corrected chi connectivity index (χ2v) is 5.96. The topological polar surface area (TPSA) is 63.2 Å². The first kappa shape index (κ1) is 17.9. The summed E-state index contributed by atoms with van der Waals surface area (Å²) in [6.07, 6.45) is 4.08. The van der Waals surface area contributed by atoms with Crippen molar-refractivity contribution in [2.24, 2.45) is 0 Å². The minimum absolute atomic E-state index is 0.125. The Bertz CT molecular complexity index is 691. The molecule has 0 unspecified atom stereocenters. The average molecular weight is 327 g/mol. The molecule has 128 valence electrons. The highest BCUT2D eigenvalue weighted by molar-refractivity contribution is 5.94. The molecule has 0 aliphatic heterocycles. The lowest BCUT2D eigenvalue weighted by Gasteiger charge is -2.14. The van der Waals surface area contributed by atoms with E-state index in [1.54, 1.807) is 19.5 Å². The van der Waals surface area contributed by atoms with Crippen LogP contribution < -0.4 is 10.6 Å². The molecule has 0 saturated heterocycles. The zero-order chi connectivity index (χ0) is 17.5. The molecule has 5 nitrogen and oxygen atoms in total. The predicted molar refractivity (Wildman–Crippen MR) is 97.0 cm³/mol. The van der Waals surface area contributed by atoms with E-state index in [0.717, 1.165) is 17.8 Å². The number of anilines is 2. The number of nitrogens with one attached hydrogen (secondary N) is 2. The van der Waals surface area contributed by atoms with Crippen LogP contribution in [0.2, 0.25) is 0 Å². The van der Waals surface area contributed by atoms with Gasteiger partial charge in [-0.1, -0.05) is 17.7 Å². The summed E-state index contributed by atoms with van der Waals surface area (Å²) in [5, 5.41) is 6.25. The Morgan fingerprint density at radius 2 is 1.83 bits per heavy atom. The molecule has 0 radical (unpaired) electrons. The fourth-order valence-corrected chi connectivity index (χ4v) is 2.67. The van der Waals surface area contributed by atoms with Crippen molar-refractivity contribution < 1.29 is 9.53 Å². The smallest absolute Gasteiger partial charge is 0.252 e. The first-order valence-electron chi connectivity index (χ1n) is 8.08. The Labute approximate surface area is 143 Å². The van der Waals surface area contributed by atoms with E-state index in [4.69, 9.17) is 4.74 Å². The summed E-state index contributed by atoms with van der Waals surface area (Å²) in [6.45, 7) is 7.44. The molecule has 0 spiro atoms. The van der Waals surface area contributed by atoms with Crippen LogP contribution in [0.5, 0.6) is 0 Å². The van der Waals surface area contributed by atoms with Gasteiger partial charge >= 0.3 is 0 Å². The summed E-state index contributed by atoms with van der Waals surface area (Å²) >= 11 is 0. The van der Waals surface area contributed by atoms with Crippen molar-refractivity contribution in [3.05, 3.63) is 52.8 Å². The van der Waals surface area contributed by atoms with Gasteiger partial charge in [0.1, 0.15) is 0 Å². The van der Waals surface area contributed by atoms with Gasteiger partial charge in [0, 0.05) is 32.1 Å². The molecule has 5 heteroatoms. The molecular weight excluding hydrogens is 302 g/mol. The lowest BCUT2D eigenvalue weighted by molar-refractivity contribution is 0.0948. The van der Waals surface area contributed by atoms with Crippen LogP contribution in [0.4, 0.5) is 11.4 Å². The van der Waals surface area contributed by atoms with Crippen LogP contribution in [-0.4, -0.2) is 31.2 Å². The maximum atomic E-state index is 12.2. The average Bonchev–Trinajstić information content (AvgIpc) is 2.55. The number of aromatic nitrogens is 1. The summed E-state index contributed by atoms with van der Waals surface area (Å²) < 4.78 is 4.97. The zero-order valence-corrected chi connectivity index (χ0v) is 14.8. The van der Waals surface area contributed by atoms with Crippen molar-refractivity contribution in [2.75, 3.05) is 25.6 Å². The molecule has 0 saturated carbocycles. The van der Waals surface area contributed by atoms with E-state index in [1.165, 1.54) is 16.7 Å². The minimum atomic E-state index is -0.125. The van der Waals surface area contributed by atoms with Crippen LogP contribution in [0.15, 0.2) is 30.6 Å². The lowest BCUT2D eigenvalue weighted by atomic mass is 10.0. The number of benzene rings is 1. The number of nitrogens with zero attached hydrogens (tertiary/aromatic N) is 1. The Morgan fingerprint density at radius 3 is 2.50 bits per heavy atom. The van der Waals surface area contributed by atoms with Gasteiger partial charge in [-0.05, 0) is 44.4 Å². The van der Waals surface area contributed by atoms with Gasteiger partial charge in [-0.2, -0.15) is 0 Å². The van der Waals surface area contributed by atoms with Crippen molar-refractivity contribution in [3.63, 3.8) is 0 Å². The number of hydrogen-bond donors (Lipinski definition) is 2. The van der Waals surface area contributed by atoms with Crippen LogP contribution in [-0.2, 0) is 4.74 Å². The Kier molecular flexibility index (Phi) is 6.32. The number of aryl methyl sites for hydroxylation is 3. The Morgan fingerprint density at radius 1 is 1.12 bits per heavy atom. The maximum absolute atomic E-state index is 12.2. The molecular formula is C19H25N3O2. The molecule has 24 heavy (non-hydrogen) atoms. The largest absolute Gasteiger partial charge is 0.385 e. The van der Waals surface area contributed by atoms with E-state index in [2.05, 4.69) is 48.5 Å². The molecule has 0 bridgehead atoms. The van der Waals surface area contributed by atoms with Crippen molar-refractivity contribution in [1.82, 2.24) is 10.3 Å². The predicted octanol–water partition coefficient (Wildman–Crippen LogP) is 3.52. The molecule has 1 aromatic carbocycles. The number of carbonyl (C=O) groups is 1.